The average molecular weight is 286 g/mol. The molecular weight excluding hydrogens is 272 g/mol. The average Bonchev–Trinajstić information content (AvgIpc) is 2.41. The topological polar surface area (TPSA) is 69.7 Å². The number of hydrogen-bond acceptors (Lipinski definition) is 5. The van der Waals surface area contributed by atoms with Gasteiger partial charge >= 0.3 is 17.7 Å². The van der Waals surface area contributed by atoms with Gasteiger partial charge in [-0.2, -0.15) is 0 Å². The highest BCUT2D eigenvalue weighted by molar-refractivity contribution is 6.26. The zero-order valence-corrected chi connectivity index (χ0v) is 11.7. The van der Waals surface area contributed by atoms with E-state index in [1.165, 1.54) is 12.2 Å². The van der Waals surface area contributed by atoms with Crippen molar-refractivity contribution in [2.24, 2.45) is 0 Å². The number of benzene rings is 1. The fourth-order valence-corrected chi connectivity index (χ4v) is 2.06. The largest absolute Gasteiger partial charge is 0.411 e. The Bertz CT molecular complexity index is 624. The van der Waals surface area contributed by atoms with Gasteiger partial charge in [0.05, 0.1) is 0 Å². The van der Waals surface area contributed by atoms with Crippen molar-refractivity contribution >= 4 is 23.3 Å². The molecule has 0 saturated heterocycles. The summed E-state index contributed by atoms with van der Waals surface area (Å²) in [5.74, 6) is -4.06. The highest BCUT2D eigenvalue weighted by Crippen LogP contribution is 2.30. The summed E-state index contributed by atoms with van der Waals surface area (Å²) in [7, 11) is 0. The smallest absolute Gasteiger partial charge is 0.341 e. The third-order valence-electron chi connectivity index (χ3n) is 2.82. The lowest BCUT2D eigenvalue weighted by atomic mass is 9.92. The Kier molecular flexibility index (Phi) is 4.03. The highest BCUT2D eigenvalue weighted by atomic mass is 16.7. The second-order valence-electron chi connectivity index (χ2n) is 4.49. The van der Waals surface area contributed by atoms with Gasteiger partial charge < -0.3 is 9.47 Å². The molecule has 0 radical (unpaired) electrons. The van der Waals surface area contributed by atoms with Gasteiger partial charge in [-0.3, -0.25) is 14.4 Å². The Morgan fingerprint density at radius 1 is 1.00 bits per heavy atom. The van der Waals surface area contributed by atoms with Crippen molar-refractivity contribution in [3.8, 4) is 0 Å². The number of carbonyl (C=O) groups excluding carboxylic acids is 3. The first-order chi connectivity index (χ1) is 9.94. The molecule has 5 nitrogen and oxygen atoms in total. The molecule has 0 atom stereocenters. The van der Waals surface area contributed by atoms with E-state index in [0.717, 1.165) is 13.8 Å². The maximum atomic E-state index is 12.6. The molecule has 2 rings (SSSR count). The van der Waals surface area contributed by atoms with Crippen LogP contribution in [0.5, 0.6) is 0 Å². The van der Waals surface area contributed by atoms with E-state index in [4.69, 9.17) is 9.47 Å². The van der Waals surface area contributed by atoms with E-state index in [1.807, 2.05) is 6.07 Å². The quantitative estimate of drug-likeness (QED) is 0.628. The molecule has 0 saturated carbocycles. The minimum absolute atomic E-state index is 0.306. The van der Waals surface area contributed by atoms with Gasteiger partial charge in [-0.1, -0.05) is 42.5 Å². The van der Waals surface area contributed by atoms with E-state index in [1.54, 1.807) is 30.3 Å². The number of ether oxygens (including phenoxy) is 2. The third-order valence-corrected chi connectivity index (χ3v) is 2.82. The lowest BCUT2D eigenvalue weighted by Crippen LogP contribution is -2.46. The predicted molar refractivity (Wildman–Crippen MR) is 74.8 cm³/mol. The van der Waals surface area contributed by atoms with Gasteiger partial charge in [0.15, 0.2) is 0 Å². The maximum Gasteiger partial charge on any atom is 0.341 e. The molecule has 0 heterocycles. The van der Waals surface area contributed by atoms with Gasteiger partial charge in [0.1, 0.15) is 0 Å². The fraction of sp³-hybridized carbons (Fsp3) is 0.188. The van der Waals surface area contributed by atoms with Crippen molar-refractivity contribution in [2.75, 3.05) is 0 Å². The first kappa shape index (κ1) is 14.7. The predicted octanol–water partition coefficient (Wildman–Crippen LogP) is 2.03. The summed E-state index contributed by atoms with van der Waals surface area (Å²) in [5.41, 5.74) is 0.955. The van der Waals surface area contributed by atoms with Gasteiger partial charge in [-0.05, 0) is 5.56 Å². The summed E-state index contributed by atoms with van der Waals surface area (Å²) in [4.78, 5) is 35.2. The standard InChI is InChI=1S/C16H14O5/c1-11(17)20-16(21-12(2)18)10-6-9-14(15(16)19)13-7-4-3-5-8-13/h3-10H,1-2H3. The summed E-state index contributed by atoms with van der Waals surface area (Å²) in [6, 6.07) is 8.87. The molecular formula is C16H14O5. The van der Waals surface area contributed by atoms with Gasteiger partial charge in [0, 0.05) is 25.5 Å². The van der Waals surface area contributed by atoms with Gasteiger partial charge in [-0.15, -0.1) is 0 Å². The van der Waals surface area contributed by atoms with Crippen LogP contribution in [0.1, 0.15) is 19.4 Å². The van der Waals surface area contributed by atoms with Crippen LogP contribution in [-0.2, 0) is 23.9 Å². The SMILES string of the molecule is CC(=O)OC1(OC(C)=O)C=CC=C(c2ccccc2)C1=O. The molecule has 0 spiro atoms. The normalized spacial score (nSPS) is 16.1. The van der Waals surface area contributed by atoms with Crippen LogP contribution in [0.2, 0.25) is 0 Å². The molecule has 1 aliphatic carbocycles. The Labute approximate surface area is 121 Å². The molecule has 0 aliphatic heterocycles. The molecule has 0 aromatic heterocycles. The first-order valence-corrected chi connectivity index (χ1v) is 6.33. The molecule has 1 aromatic carbocycles. The molecule has 1 aromatic rings. The van der Waals surface area contributed by atoms with Crippen molar-refractivity contribution in [1.29, 1.82) is 0 Å². The molecule has 21 heavy (non-hydrogen) atoms. The van der Waals surface area contributed by atoms with Crippen LogP contribution in [0.15, 0.2) is 48.6 Å². The van der Waals surface area contributed by atoms with Gasteiger partial charge in [-0.25, -0.2) is 0 Å². The lowest BCUT2D eigenvalue weighted by molar-refractivity contribution is -0.207. The molecule has 0 unspecified atom stereocenters. The van der Waals surface area contributed by atoms with E-state index in [0.29, 0.717) is 11.1 Å². The Morgan fingerprint density at radius 2 is 1.57 bits per heavy atom. The fourth-order valence-electron chi connectivity index (χ4n) is 2.06. The third kappa shape index (κ3) is 3.08. The number of Topliss-reactive ketones (excluding diaryl/α,β-unsaturated/α-hetero) is 1. The minimum Gasteiger partial charge on any atom is -0.411 e. The molecule has 1 aliphatic rings. The van der Waals surface area contributed by atoms with Crippen molar-refractivity contribution in [3.05, 3.63) is 54.1 Å². The number of allylic oxidation sites excluding steroid dienone is 2. The van der Waals surface area contributed by atoms with Crippen molar-refractivity contribution < 1.29 is 23.9 Å². The van der Waals surface area contributed by atoms with Crippen molar-refractivity contribution in [2.45, 2.75) is 19.6 Å². The summed E-state index contributed by atoms with van der Waals surface area (Å²) in [5, 5.41) is 0. The second-order valence-corrected chi connectivity index (χ2v) is 4.49. The highest BCUT2D eigenvalue weighted by Gasteiger charge is 2.46. The van der Waals surface area contributed by atoms with E-state index in [9.17, 15) is 14.4 Å². The van der Waals surface area contributed by atoms with Crippen LogP contribution < -0.4 is 0 Å². The monoisotopic (exact) mass is 286 g/mol. The van der Waals surface area contributed by atoms with Crippen molar-refractivity contribution in [1.82, 2.24) is 0 Å². The molecule has 0 fully saturated rings. The summed E-state index contributed by atoms with van der Waals surface area (Å²) in [6.07, 6.45) is 4.36. The molecule has 0 amide bonds. The number of hydrogen-bond donors (Lipinski definition) is 0. The molecule has 0 bridgehead atoms. The van der Waals surface area contributed by atoms with Crippen LogP contribution in [0.3, 0.4) is 0 Å². The van der Waals surface area contributed by atoms with E-state index in [2.05, 4.69) is 0 Å². The van der Waals surface area contributed by atoms with E-state index < -0.39 is 23.5 Å². The number of esters is 2. The Hall–Kier alpha value is -2.69. The van der Waals surface area contributed by atoms with E-state index in [-0.39, 0.29) is 0 Å². The summed E-state index contributed by atoms with van der Waals surface area (Å²) >= 11 is 0. The minimum atomic E-state index is -2.03. The van der Waals surface area contributed by atoms with Crippen LogP contribution in [0.25, 0.3) is 5.57 Å². The number of rotatable bonds is 3. The first-order valence-electron chi connectivity index (χ1n) is 6.33. The maximum absolute atomic E-state index is 12.6. The van der Waals surface area contributed by atoms with Crippen LogP contribution in [-0.4, -0.2) is 23.5 Å². The molecule has 108 valence electrons. The Balaban J connectivity index is 2.44. The van der Waals surface area contributed by atoms with Crippen LogP contribution in [0.4, 0.5) is 0 Å². The molecule has 5 heteroatoms. The van der Waals surface area contributed by atoms with Crippen molar-refractivity contribution in [3.63, 3.8) is 0 Å². The second kappa shape index (κ2) is 5.75. The number of carbonyl (C=O) groups is 3. The number of ketones is 1. The van der Waals surface area contributed by atoms with Crippen LogP contribution >= 0.6 is 0 Å². The summed E-state index contributed by atoms with van der Waals surface area (Å²) in [6.45, 7) is 2.29. The zero-order chi connectivity index (χ0) is 15.5. The van der Waals surface area contributed by atoms with Gasteiger partial charge in [0.25, 0.3) is 5.78 Å². The lowest BCUT2D eigenvalue weighted by Gasteiger charge is -2.30. The zero-order valence-electron chi connectivity index (χ0n) is 11.7. The summed E-state index contributed by atoms with van der Waals surface area (Å²) < 4.78 is 9.99. The van der Waals surface area contributed by atoms with Crippen LogP contribution in [0, 0.1) is 0 Å². The molecule has 0 N–H and O–H groups in total. The van der Waals surface area contributed by atoms with E-state index >= 15 is 0 Å². The van der Waals surface area contributed by atoms with Gasteiger partial charge in [0.2, 0.25) is 0 Å². The Morgan fingerprint density at radius 3 is 2.10 bits per heavy atom.